The number of nitrogens with zero attached hydrogens (tertiary/aromatic N) is 2. The lowest BCUT2D eigenvalue weighted by Crippen LogP contribution is -2.02. The SMILES string of the molecule is O=C(O)c1cc(COO)cc(-n2cn[nH]c2=S)c1. The van der Waals surface area contributed by atoms with Crippen molar-refractivity contribution in [1.82, 2.24) is 14.8 Å². The molecule has 0 spiro atoms. The van der Waals surface area contributed by atoms with Crippen molar-refractivity contribution in [1.29, 1.82) is 0 Å². The van der Waals surface area contributed by atoms with Gasteiger partial charge in [-0.05, 0) is 36.0 Å². The van der Waals surface area contributed by atoms with Gasteiger partial charge in [-0.2, -0.15) is 5.10 Å². The zero-order valence-electron chi connectivity index (χ0n) is 9.03. The molecular formula is C10H9N3O4S. The van der Waals surface area contributed by atoms with Gasteiger partial charge in [0.05, 0.1) is 11.3 Å². The van der Waals surface area contributed by atoms with Gasteiger partial charge < -0.3 is 5.11 Å². The molecule has 8 heteroatoms. The molecule has 0 bridgehead atoms. The van der Waals surface area contributed by atoms with Crippen LogP contribution in [0.5, 0.6) is 0 Å². The monoisotopic (exact) mass is 267 g/mol. The van der Waals surface area contributed by atoms with Crippen LogP contribution in [0.25, 0.3) is 5.69 Å². The summed E-state index contributed by atoms with van der Waals surface area (Å²) in [6.07, 6.45) is 1.44. The van der Waals surface area contributed by atoms with Crippen molar-refractivity contribution in [2.24, 2.45) is 0 Å². The number of H-pyrrole nitrogens is 1. The average molecular weight is 267 g/mol. The number of rotatable bonds is 4. The summed E-state index contributed by atoms with van der Waals surface area (Å²) >= 11 is 5.00. The predicted molar refractivity (Wildman–Crippen MR) is 63.1 cm³/mol. The maximum Gasteiger partial charge on any atom is 0.335 e. The normalized spacial score (nSPS) is 10.5. The Morgan fingerprint density at radius 2 is 2.28 bits per heavy atom. The van der Waals surface area contributed by atoms with Crippen LogP contribution >= 0.6 is 12.2 Å². The fraction of sp³-hybridized carbons (Fsp3) is 0.100. The third kappa shape index (κ3) is 2.45. The van der Waals surface area contributed by atoms with E-state index in [-0.39, 0.29) is 12.2 Å². The van der Waals surface area contributed by atoms with E-state index >= 15 is 0 Å². The number of aromatic amines is 1. The maximum absolute atomic E-state index is 11.0. The molecule has 2 rings (SSSR count). The molecule has 7 nitrogen and oxygen atoms in total. The molecule has 0 fully saturated rings. The molecule has 0 unspecified atom stereocenters. The highest BCUT2D eigenvalue weighted by Crippen LogP contribution is 2.15. The highest BCUT2D eigenvalue weighted by molar-refractivity contribution is 7.71. The molecule has 2 aromatic rings. The van der Waals surface area contributed by atoms with Crippen molar-refractivity contribution in [3.05, 3.63) is 40.4 Å². The van der Waals surface area contributed by atoms with Crippen LogP contribution in [0.15, 0.2) is 24.5 Å². The largest absolute Gasteiger partial charge is 0.478 e. The molecular weight excluding hydrogens is 258 g/mol. The first-order valence-corrected chi connectivity index (χ1v) is 5.28. The number of carboxylic acids is 1. The van der Waals surface area contributed by atoms with Gasteiger partial charge in [0.15, 0.2) is 4.77 Å². The molecule has 94 valence electrons. The van der Waals surface area contributed by atoms with Crippen LogP contribution in [-0.4, -0.2) is 31.1 Å². The maximum atomic E-state index is 11.0. The average Bonchev–Trinajstić information content (AvgIpc) is 2.75. The minimum atomic E-state index is -1.08. The third-order valence-electron chi connectivity index (χ3n) is 2.29. The second kappa shape index (κ2) is 5.08. The van der Waals surface area contributed by atoms with Gasteiger partial charge in [0.1, 0.15) is 12.9 Å². The second-order valence-electron chi connectivity index (χ2n) is 3.50. The summed E-state index contributed by atoms with van der Waals surface area (Å²) in [6.45, 7) is -0.112. The van der Waals surface area contributed by atoms with Crippen LogP contribution in [0.1, 0.15) is 15.9 Å². The summed E-state index contributed by atoms with van der Waals surface area (Å²) < 4.78 is 1.86. The molecule has 0 amide bonds. The van der Waals surface area contributed by atoms with Crippen LogP contribution in [0.2, 0.25) is 0 Å². The van der Waals surface area contributed by atoms with Crippen LogP contribution < -0.4 is 0 Å². The number of hydrogen-bond donors (Lipinski definition) is 3. The lowest BCUT2D eigenvalue weighted by atomic mass is 10.1. The first-order chi connectivity index (χ1) is 8.61. The summed E-state index contributed by atoms with van der Waals surface area (Å²) in [4.78, 5) is 15.0. The second-order valence-corrected chi connectivity index (χ2v) is 3.88. The molecule has 18 heavy (non-hydrogen) atoms. The van der Waals surface area contributed by atoms with Crippen molar-refractivity contribution >= 4 is 18.2 Å². The smallest absolute Gasteiger partial charge is 0.335 e. The van der Waals surface area contributed by atoms with E-state index in [1.54, 1.807) is 6.07 Å². The number of benzene rings is 1. The minimum absolute atomic E-state index is 0.0719. The zero-order valence-corrected chi connectivity index (χ0v) is 9.85. The van der Waals surface area contributed by atoms with Crippen LogP contribution in [0.4, 0.5) is 0 Å². The van der Waals surface area contributed by atoms with Crippen LogP contribution in [0.3, 0.4) is 0 Å². The highest BCUT2D eigenvalue weighted by Gasteiger charge is 2.09. The Bertz CT molecular complexity index is 634. The summed E-state index contributed by atoms with van der Waals surface area (Å²) in [5, 5.41) is 23.8. The van der Waals surface area contributed by atoms with Gasteiger partial charge in [-0.1, -0.05) is 0 Å². The first-order valence-electron chi connectivity index (χ1n) is 4.88. The topological polar surface area (TPSA) is 100 Å². The Labute approximate surface area is 106 Å². The Morgan fingerprint density at radius 1 is 1.50 bits per heavy atom. The molecule has 0 aliphatic rings. The summed E-state index contributed by atoms with van der Waals surface area (Å²) in [5.74, 6) is -1.08. The standard InChI is InChI=1S/C10H9N3O4S/c14-9(15)7-1-6(4-17-16)2-8(3-7)13-5-11-12-10(13)18/h1-3,5,16H,4H2,(H,12,18)(H,14,15). The van der Waals surface area contributed by atoms with Gasteiger partial charge in [0.2, 0.25) is 0 Å². The minimum Gasteiger partial charge on any atom is -0.478 e. The van der Waals surface area contributed by atoms with Gasteiger partial charge in [-0.3, -0.25) is 14.9 Å². The van der Waals surface area contributed by atoms with E-state index in [0.29, 0.717) is 16.0 Å². The molecule has 0 saturated carbocycles. The molecule has 3 N–H and O–H groups in total. The molecule has 0 radical (unpaired) electrons. The molecule has 0 aliphatic heterocycles. The third-order valence-corrected chi connectivity index (χ3v) is 2.57. The fourth-order valence-corrected chi connectivity index (χ4v) is 1.73. The van der Waals surface area contributed by atoms with Gasteiger partial charge in [0, 0.05) is 0 Å². The van der Waals surface area contributed by atoms with E-state index in [2.05, 4.69) is 15.1 Å². The summed E-state index contributed by atoms with van der Waals surface area (Å²) in [6, 6.07) is 4.51. The van der Waals surface area contributed by atoms with Crippen molar-refractivity contribution in [2.45, 2.75) is 6.61 Å². The predicted octanol–water partition coefficient (Wildman–Crippen LogP) is 1.62. The Kier molecular flexibility index (Phi) is 3.51. The summed E-state index contributed by atoms with van der Waals surface area (Å²) in [7, 11) is 0. The van der Waals surface area contributed by atoms with Gasteiger partial charge in [0.25, 0.3) is 0 Å². The van der Waals surface area contributed by atoms with Crippen LogP contribution in [-0.2, 0) is 11.5 Å². The van der Waals surface area contributed by atoms with Crippen molar-refractivity contribution in [3.8, 4) is 5.69 Å². The van der Waals surface area contributed by atoms with E-state index in [1.807, 2.05) is 0 Å². The molecule has 0 aliphatic carbocycles. The zero-order chi connectivity index (χ0) is 13.1. The number of nitrogens with one attached hydrogen (secondary N) is 1. The number of carboxylic acid groups (broad SMARTS) is 1. The van der Waals surface area contributed by atoms with Gasteiger partial charge >= 0.3 is 5.97 Å². The first kappa shape index (κ1) is 12.4. The van der Waals surface area contributed by atoms with E-state index < -0.39 is 5.97 Å². The molecule has 1 aromatic heterocycles. The molecule has 0 saturated heterocycles. The van der Waals surface area contributed by atoms with E-state index in [0.717, 1.165) is 0 Å². The van der Waals surface area contributed by atoms with Crippen LogP contribution in [0, 0.1) is 4.77 Å². The fourth-order valence-electron chi connectivity index (χ4n) is 1.53. The number of aromatic carboxylic acids is 1. The van der Waals surface area contributed by atoms with E-state index in [1.165, 1.54) is 23.0 Å². The Hall–Kier alpha value is -2.03. The Balaban J connectivity index is 2.56. The molecule has 0 atom stereocenters. The lowest BCUT2D eigenvalue weighted by Gasteiger charge is -2.06. The number of carbonyl (C=O) groups is 1. The summed E-state index contributed by atoms with van der Waals surface area (Å²) in [5.41, 5.74) is 1.11. The Morgan fingerprint density at radius 3 is 2.83 bits per heavy atom. The highest BCUT2D eigenvalue weighted by atomic mass is 32.1. The lowest BCUT2D eigenvalue weighted by molar-refractivity contribution is -0.253. The van der Waals surface area contributed by atoms with E-state index in [9.17, 15) is 4.79 Å². The molecule has 1 aromatic carbocycles. The van der Waals surface area contributed by atoms with Crippen molar-refractivity contribution in [3.63, 3.8) is 0 Å². The van der Waals surface area contributed by atoms with Gasteiger partial charge in [-0.15, -0.1) is 0 Å². The number of aromatic nitrogens is 3. The number of hydrogen-bond acceptors (Lipinski definition) is 5. The molecule has 1 heterocycles. The van der Waals surface area contributed by atoms with Crippen molar-refractivity contribution in [2.75, 3.05) is 0 Å². The quantitative estimate of drug-likeness (QED) is 0.442. The van der Waals surface area contributed by atoms with Gasteiger partial charge in [-0.25, -0.2) is 9.68 Å². The van der Waals surface area contributed by atoms with Crippen molar-refractivity contribution < 1.29 is 20.0 Å². The van der Waals surface area contributed by atoms with E-state index in [4.69, 9.17) is 22.6 Å².